The van der Waals surface area contributed by atoms with Gasteiger partial charge in [-0.1, -0.05) is 0 Å². The Morgan fingerprint density at radius 1 is 1.21 bits per heavy atom. The Labute approximate surface area is 189 Å². The van der Waals surface area contributed by atoms with Crippen molar-refractivity contribution in [1.29, 1.82) is 0 Å². The normalized spacial score (nSPS) is 15.6. The lowest BCUT2D eigenvalue weighted by molar-refractivity contribution is -0.117. The Bertz CT molecular complexity index is 1290. The van der Waals surface area contributed by atoms with Gasteiger partial charge in [0, 0.05) is 37.8 Å². The summed E-state index contributed by atoms with van der Waals surface area (Å²) in [6.45, 7) is 0.437. The summed E-state index contributed by atoms with van der Waals surface area (Å²) in [5.41, 5.74) is 2.79. The number of carbonyl (C=O) groups excluding carboxylic acids is 1. The molecule has 0 bridgehead atoms. The summed E-state index contributed by atoms with van der Waals surface area (Å²) in [5, 5.41) is 23.7. The highest BCUT2D eigenvalue weighted by Crippen LogP contribution is 2.38. The maximum Gasteiger partial charge on any atom is 0.350 e. The smallest absolute Gasteiger partial charge is 0.350 e. The molecule has 12 nitrogen and oxygen atoms in total. The lowest BCUT2D eigenvalue weighted by Crippen LogP contribution is -2.31. The van der Waals surface area contributed by atoms with Crippen LogP contribution in [0.5, 0.6) is 0 Å². The van der Waals surface area contributed by atoms with Gasteiger partial charge >= 0.3 is 5.69 Å². The fraction of sp³-hybridized carbons (Fsp3) is 0.381. The number of hydrogen-bond acceptors (Lipinski definition) is 9. The molecule has 1 fully saturated rings. The molecule has 0 saturated heterocycles. The molecule has 12 heteroatoms. The van der Waals surface area contributed by atoms with Crippen LogP contribution in [0.15, 0.2) is 29.5 Å². The van der Waals surface area contributed by atoms with Crippen molar-refractivity contribution in [2.24, 2.45) is 13.0 Å². The molecular weight excluding hydrogens is 426 g/mol. The minimum atomic E-state index is -0.981. The highest BCUT2D eigenvalue weighted by Gasteiger charge is 2.30. The zero-order valence-corrected chi connectivity index (χ0v) is 18.5. The van der Waals surface area contributed by atoms with Crippen molar-refractivity contribution in [2.45, 2.75) is 25.6 Å². The first-order chi connectivity index (χ1) is 15.9. The molecule has 1 amide bonds. The van der Waals surface area contributed by atoms with Gasteiger partial charge in [-0.05, 0) is 19.9 Å². The first kappa shape index (κ1) is 21.1. The Morgan fingerprint density at radius 3 is 2.73 bits per heavy atom. The Morgan fingerprint density at radius 2 is 2.00 bits per heavy atom. The van der Waals surface area contributed by atoms with Crippen molar-refractivity contribution >= 4 is 28.8 Å². The molecule has 1 atom stereocenters. The molecule has 1 saturated carbocycles. The van der Waals surface area contributed by atoms with E-state index >= 15 is 0 Å². The van der Waals surface area contributed by atoms with Crippen LogP contribution in [0.4, 0.5) is 22.9 Å². The molecule has 33 heavy (non-hydrogen) atoms. The van der Waals surface area contributed by atoms with Crippen LogP contribution in [-0.4, -0.2) is 49.4 Å². The maximum atomic E-state index is 12.6. The average molecular weight is 451 g/mol. The SMILES string of the molecule is CNC(O)c1cnc(NC(=O)C2CC2)cc1Nc1cncc2c1N(C)Cc1nn(C)c(=O)n1-2. The van der Waals surface area contributed by atoms with Gasteiger partial charge in [0.1, 0.15) is 12.0 Å². The summed E-state index contributed by atoms with van der Waals surface area (Å²) in [7, 11) is 5.15. The van der Waals surface area contributed by atoms with E-state index in [1.54, 1.807) is 37.1 Å². The Kier molecular flexibility index (Phi) is 5.10. The van der Waals surface area contributed by atoms with Gasteiger partial charge in [-0.25, -0.2) is 19.0 Å². The van der Waals surface area contributed by atoms with E-state index in [0.717, 1.165) is 18.5 Å². The molecule has 1 unspecified atom stereocenters. The molecule has 4 N–H and O–H groups in total. The molecular formula is C21H25N9O3. The molecule has 1 aliphatic carbocycles. The van der Waals surface area contributed by atoms with E-state index in [0.29, 0.717) is 40.8 Å². The second kappa shape index (κ2) is 7.98. The van der Waals surface area contributed by atoms with Crippen molar-refractivity contribution in [3.8, 4) is 5.69 Å². The maximum absolute atomic E-state index is 12.6. The number of rotatable bonds is 6. The lowest BCUT2D eigenvalue weighted by atomic mass is 10.1. The lowest BCUT2D eigenvalue weighted by Gasteiger charge is -2.29. The Hall–Kier alpha value is -3.77. The summed E-state index contributed by atoms with van der Waals surface area (Å²) in [5.74, 6) is 0.990. The Balaban J connectivity index is 1.56. The third-order valence-corrected chi connectivity index (χ3v) is 5.86. The molecule has 0 aromatic carbocycles. The fourth-order valence-electron chi connectivity index (χ4n) is 3.99. The van der Waals surface area contributed by atoms with Gasteiger partial charge < -0.3 is 20.6 Å². The molecule has 2 aliphatic rings. The largest absolute Gasteiger partial charge is 0.374 e. The zero-order chi connectivity index (χ0) is 23.3. The van der Waals surface area contributed by atoms with Crippen LogP contribution >= 0.6 is 0 Å². The standard InChI is InChI=1S/C21H25N9O3/c1-22-20(32)12-7-24-16(26-19(31)11-4-5-11)6-13(12)25-14-8-23-9-15-18(14)28(2)10-17-27-29(3)21(33)30(15)17/h6-9,11,20,22,32H,4-5,10H2,1-3H3,(H2,24,25,26,31). The van der Waals surface area contributed by atoms with Crippen LogP contribution in [0.3, 0.4) is 0 Å². The van der Waals surface area contributed by atoms with Gasteiger partial charge in [0.2, 0.25) is 5.91 Å². The third-order valence-electron chi connectivity index (χ3n) is 5.86. The van der Waals surface area contributed by atoms with E-state index in [9.17, 15) is 14.7 Å². The van der Waals surface area contributed by atoms with Crippen LogP contribution in [0, 0.1) is 5.92 Å². The van der Waals surface area contributed by atoms with Crippen LogP contribution in [0.2, 0.25) is 0 Å². The second-order valence-corrected chi connectivity index (χ2v) is 8.31. The number of anilines is 4. The van der Waals surface area contributed by atoms with E-state index in [4.69, 9.17) is 0 Å². The molecule has 1 aliphatic heterocycles. The minimum Gasteiger partial charge on any atom is -0.374 e. The van der Waals surface area contributed by atoms with E-state index in [1.807, 2.05) is 11.9 Å². The van der Waals surface area contributed by atoms with E-state index in [-0.39, 0.29) is 17.5 Å². The van der Waals surface area contributed by atoms with Gasteiger partial charge in [-0.15, -0.1) is 0 Å². The van der Waals surface area contributed by atoms with Gasteiger partial charge in [0.25, 0.3) is 0 Å². The zero-order valence-electron chi connectivity index (χ0n) is 18.5. The summed E-state index contributed by atoms with van der Waals surface area (Å²) in [4.78, 5) is 35.5. The molecule has 3 aromatic rings. The first-order valence-electron chi connectivity index (χ1n) is 10.6. The number of carbonyl (C=O) groups is 1. The quantitative estimate of drug-likeness (QED) is 0.397. The van der Waals surface area contributed by atoms with Crippen molar-refractivity contribution in [3.63, 3.8) is 0 Å². The summed E-state index contributed by atoms with van der Waals surface area (Å²) in [6.07, 6.45) is 5.59. The number of pyridine rings is 2. The molecule has 4 heterocycles. The fourth-order valence-corrected chi connectivity index (χ4v) is 3.99. The molecule has 172 valence electrons. The molecule has 0 radical (unpaired) electrons. The van der Waals surface area contributed by atoms with Crippen molar-refractivity contribution < 1.29 is 9.90 Å². The minimum absolute atomic E-state index is 0.0387. The summed E-state index contributed by atoms with van der Waals surface area (Å²) < 4.78 is 2.85. The number of aliphatic hydroxyl groups is 1. The highest BCUT2D eigenvalue weighted by atomic mass is 16.3. The number of amides is 1. The van der Waals surface area contributed by atoms with Gasteiger partial charge in [-0.3, -0.25) is 15.1 Å². The number of nitrogens with zero attached hydrogens (tertiary/aromatic N) is 6. The molecule has 0 spiro atoms. The average Bonchev–Trinajstić information content (AvgIpc) is 3.60. The molecule has 5 rings (SSSR count). The third kappa shape index (κ3) is 3.72. The molecule has 3 aromatic heterocycles. The van der Waals surface area contributed by atoms with Gasteiger partial charge in [-0.2, -0.15) is 5.10 Å². The summed E-state index contributed by atoms with van der Waals surface area (Å²) in [6, 6.07) is 1.68. The predicted molar refractivity (Wildman–Crippen MR) is 122 cm³/mol. The number of hydrogen-bond donors (Lipinski definition) is 4. The highest BCUT2D eigenvalue weighted by molar-refractivity contribution is 5.94. The number of aromatic nitrogens is 5. The van der Waals surface area contributed by atoms with Crippen molar-refractivity contribution in [1.82, 2.24) is 29.6 Å². The summed E-state index contributed by atoms with van der Waals surface area (Å²) >= 11 is 0. The van der Waals surface area contributed by atoms with E-state index < -0.39 is 6.23 Å². The second-order valence-electron chi connectivity index (χ2n) is 8.31. The monoisotopic (exact) mass is 451 g/mol. The van der Waals surface area contributed by atoms with Gasteiger partial charge in [0.05, 0.1) is 41.7 Å². The first-order valence-corrected chi connectivity index (χ1v) is 10.6. The van der Waals surface area contributed by atoms with Crippen molar-refractivity contribution in [3.05, 3.63) is 46.5 Å². The van der Waals surface area contributed by atoms with E-state index in [1.165, 1.54) is 10.9 Å². The topological polar surface area (TPSA) is 142 Å². The van der Waals surface area contributed by atoms with Crippen LogP contribution in [0.1, 0.15) is 30.5 Å². The number of fused-ring (bicyclic) bond motifs is 3. The van der Waals surface area contributed by atoms with Crippen LogP contribution < -0.4 is 26.5 Å². The van der Waals surface area contributed by atoms with Crippen LogP contribution in [0.25, 0.3) is 5.69 Å². The van der Waals surface area contributed by atoms with Crippen LogP contribution in [-0.2, 0) is 18.4 Å². The number of nitrogens with one attached hydrogen (secondary N) is 3. The van der Waals surface area contributed by atoms with Gasteiger partial charge in [0.15, 0.2) is 5.82 Å². The number of aryl methyl sites for hydroxylation is 1. The van der Waals surface area contributed by atoms with Crippen molar-refractivity contribution in [2.75, 3.05) is 29.6 Å². The van der Waals surface area contributed by atoms with E-state index in [2.05, 4.69) is 31.0 Å². The number of aliphatic hydroxyl groups excluding tert-OH is 1. The predicted octanol–water partition coefficient (Wildman–Crippen LogP) is 0.613.